The van der Waals surface area contributed by atoms with E-state index in [4.69, 9.17) is 4.74 Å². The fraction of sp³-hybridized carbons (Fsp3) is 0.300. The molecule has 0 N–H and O–H groups in total. The number of hydrogen-bond donors (Lipinski definition) is 0. The monoisotopic (exact) mass is 475 g/mol. The molecule has 3 aliphatic rings. The smallest absolute Gasteiger partial charge is 0.335 e. The molecule has 3 heterocycles. The average molecular weight is 475 g/mol. The molecule has 4 rings (SSSR count). The largest absolute Gasteiger partial charge is 0.691 e. The molecular weight excluding hydrogens is 456 g/mol. The van der Waals surface area contributed by atoms with Crippen molar-refractivity contribution in [3.05, 3.63) is 41.8 Å². The molecule has 0 spiro atoms. The Morgan fingerprint density at radius 2 is 1.88 bits per heavy atom. The Morgan fingerprint density at radius 1 is 1.12 bits per heavy atom. The van der Waals surface area contributed by atoms with Crippen LogP contribution in [-0.2, 0) is 23.8 Å². The second kappa shape index (κ2) is 8.86. The molecule has 3 aliphatic heterocycles. The molecule has 0 aromatic heterocycles. The number of amides is 5. The first-order valence-electron chi connectivity index (χ1n) is 9.87. The van der Waals surface area contributed by atoms with Gasteiger partial charge in [-0.05, 0) is 36.8 Å². The number of benzene rings is 1. The van der Waals surface area contributed by atoms with Gasteiger partial charge in [0.1, 0.15) is 5.57 Å². The molecule has 2 saturated heterocycles. The van der Waals surface area contributed by atoms with Crippen molar-refractivity contribution < 1.29 is 38.5 Å². The van der Waals surface area contributed by atoms with Gasteiger partial charge in [-0.2, -0.15) is 4.33 Å². The Labute approximate surface area is 192 Å². The van der Waals surface area contributed by atoms with Crippen LogP contribution >= 0.6 is 12.0 Å². The number of likely N-dealkylation sites (N-methyl/N-ethyl adjacent to an activating group) is 1. The lowest BCUT2D eigenvalue weighted by atomic mass is 10.1. The zero-order chi connectivity index (χ0) is 23.9. The highest BCUT2D eigenvalue weighted by atomic mass is 32.2. The van der Waals surface area contributed by atoms with E-state index >= 15 is 0 Å². The van der Waals surface area contributed by atoms with E-state index in [0.717, 1.165) is 21.8 Å². The van der Waals surface area contributed by atoms with Gasteiger partial charge < -0.3 is 19.8 Å². The summed E-state index contributed by atoms with van der Waals surface area (Å²) in [5.74, 6) is -1.15. The van der Waals surface area contributed by atoms with Crippen LogP contribution in [0.25, 0.3) is 0 Å². The molecule has 1 atom stereocenters. The number of imide groups is 2. The summed E-state index contributed by atoms with van der Waals surface area (Å²) in [6.07, 6.45) is 2.36. The van der Waals surface area contributed by atoms with E-state index < -0.39 is 24.0 Å². The quantitative estimate of drug-likeness (QED) is 0.137. The highest BCUT2D eigenvalue weighted by Crippen LogP contribution is 2.40. The van der Waals surface area contributed by atoms with Gasteiger partial charge in [0, 0.05) is 25.5 Å². The first-order valence-corrected chi connectivity index (χ1v) is 10.6. The van der Waals surface area contributed by atoms with E-state index in [-0.39, 0.29) is 11.5 Å². The molecular formula is C20H19N4O8S-. The number of carbonyl (C=O) groups excluding carboxylic acids is 4. The highest BCUT2D eigenvalue weighted by molar-refractivity contribution is 7.94. The number of anilines is 1. The Hall–Kier alpha value is -3.39. The molecule has 2 fully saturated rings. The number of ether oxygens (including phenoxy) is 1. The molecule has 0 saturated carbocycles. The molecule has 12 nitrogen and oxygen atoms in total. The van der Waals surface area contributed by atoms with Crippen LogP contribution in [0.15, 0.2) is 46.7 Å². The number of hydrogen-bond acceptors (Lipinski definition) is 10. The van der Waals surface area contributed by atoms with E-state index in [1.165, 1.54) is 24.1 Å². The number of allylic oxidation sites excluding steroid dienone is 2. The number of rotatable bonds is 7. The number of barbiturate groups is 1. The third kappa shape index (κ3) is 3.95. The predicted molar refractivity (Wildman–Crippen MR) is 110 cm³/mol. The van der Waals surface area contributed by atoms with Crippen LogP contribution in [0.1, 0.15) is 13.3 Å². The van der Waals surface area contributed by atoms with Gasteiger partial charge in [-0.15, -0.1) is 0 Å². The summed E-state index contributed by atoms with van der Waals surface area (Å²) < 4.78 is 10.1. The molecule has 1 aromatic rings. The van der Waals surface area contributed by atoms with Gasteiger partial charge >= 0.3 is 6.03 Å². The zero-order valence-corrected chi connectivity index (χ0v) is 18.7. The molecule has 1 aromatic carbocycles. The van der Waals surface area contributed by atoms with Crippen molar-refractivity contribution in [3.63, 3.8) is 0 Å². The van der Waals surface area contributed by atoms with Gasteiger partial charge in [0.2, 0.25) is 0 Å². The fourth-order valence-electron chi connectivity index (χ4n) is 3.57. The minimum absolute atomic E-state index is 0.272. The van der Waals surface area contributed by atoms with Gasteiger partial charge in [-0.3, -0.25) is 24.3 Å². The molecule has 13 heteroatoms. The van der Waals surface area contributed by atoms with Crippen molar-refractivity contribution in [1.29, 1.82) is 0 Å². The van der Waals surface area contributed by atoms with E-state index in [1.54, 1.807) is 30.1 Å². The first kappa shape index (κ1) is 22.8. The topological polar surface area (TPSA) is 132 Å². The van der Waals surface area contributed by atoms with Crippen molar-refractivity contribution in [2.45, 2.75) is 24.4 Å². The van der Waals surface area contributed by atoms with Gasteiger partial charge in [0.15, 0.2) is 17.8 Å². The van der Waals surface area contributed by atoms with E-state index in [0.29, 0.717) is 35.2 Å². The van der Waals surface area contributed by atoms with E-state index in [2.05, 4.69) is 9.37 Å². The average Bonchev–Trinajstić information content (AvgIpc) is 3.30. The lowest BCUT2D eigenvalue weighted by molar-refractivity contribution is -0.777. The molecule has 0 bridgehead atoms. The maximum Gasteiger partial charge on any atom is 0.335 e. The summed E-state index contributed by atoms with van der Waals surface area (Å²) in [6, 6.07) is 4.16. The molecule has 1 unspecified atom stereocenters. The minimum atomic E-state index is -0.998. The second-order valence-corrected chi connectivity index (χ2v) is 8.10. The molecule has 174 valence electrons. The second-order valence-electron chi connectivity index (χ2n) is 7.32. The first-order chi connectivity index (χ1) is 15.8. The SMILES string of the molecule is CCCN1C(=O)C1N1C(=O)C(=CC=C2Oc3ccc(SOO[O-])cc3N2C)C(=O)N(C)C1=O. The third-order valence-corrected chi connectivity index (χ3v) is 5.88. The summed E-state index contributed by atoms with van der Waals surface area (Å²) in [4.78, 5) is 55.5. The minimum Gasteiger partial charge on any atom is -0.691 e. The van der Waals surface area contributed by atoms with Crippen LogP contribution < -0.4 is 14.9 Å². The standard InChI is InChI=1S/C20H20N4O8S/c1-4-9-23-16(19(23)27)24-18(26)12(17(25)22(3)20(24)28)6-8-15-21(2)13-10-11(33-32-31-29)5-7-14(13)30-15/h5-8,10,16,29H,4,9H2,1-3H3/p-1. The summed E-state index contributed by atoms with van der Waals surface area (Å²) in [5.41, 5.74) is 0.374. The molecule has 33 heavy (non-hydrogen) atoms. The number of carbonyl (C=O) groups is 4. The van der Waals surface area contributed by atoms with Crippen LogP contribution in [0.4, 0.5) is 10.5 Å². The van der Waals surface area contributed by atoms with Crippen molar-refractivity contribution in [3.8, 4) is 5.75 Å². The van der Waals surface area contributed by atoms with Crippen molar-refractivity contribution in [2.24, 2.45) is 0 Å². The van der Waals surface area contributed by atoms with Crippen LogP contribution in [0.3, 0.4) is 0 Å². The van der Waals surface area contributed by atoms with Crippen molar-refractivity contribution in [1.82, 2.24) is 14.7 Å². The maximum atomic E-state index is 13.0. The normalized spacial score (nSPS) is 22.6. The number of nitrogens with zero attached hydrogens (tertiary/aromatic N) is 4. The Kier molecular flexibility index (Phi) is 6.12. The van der Waals surface area contributed by atoms with Gasteiger partial charge in [-0.25, -0.2) is 9.69 Å². The lowest BCUT2D eigenvalue weighted by Crippen LogP contribution is -2.56. The maximum absolute atomic E-state index is 13.0. The van der Waals surface area contributed by atoms with Crippen molar-refractivity contribution in [2.75, 3.05) is 25.5 Å². The third-order valence-electron chi connectivity index (χ3n) is 5.31. The molecule has 5 amide bonds. The molecule has 0 radical (unpaired) electrons. The van der Waals surface area contributed by atoms with Crippen LogP contribution in [-0.4, -0.2) is 65.3 Å². The van der Waals surface area contributed by atoms with Crippen LogP contribution in [0.2, 0.25) is 0 Å². The van der Waals surface area contributed by atoms with E-state index in [1.807, 2.05) is 6.92 Å². The van der Waals surface area contributed by atoms with E-state index in [9.17, 15) is 24.4 Å². The zero-order valence-electron chi connectivity index (χ0n) is 17.8. The summed E-state index contributed by atoms with van der Waals surface area (Å²) in [5, 5.41) is 13.4. The van der Waals surface area contributed by atoms with Crippen LogP contribution in [0.5, 0.6) is 5.75 Å². The molecule has 0 aliphatic carbocycles. The number of fused-ring (bicyclic) bond motifs is 1. The Bertz CT molecular complexity index is 1100. The highest BCUT2D eigenvalue weighted by Gasteiger charge is 2.57. The Balaban J connectivity index is 1.58. The van der Waals surface area contributed by atoms with Crippen LogP contribution in [0, 0.1) is 0 Å². The summed E-state index contributed by atoms with van der Waals surface area (Å²) in [6.45, 7) is 2.28. The predicted octanol–water partition coefficient (Wildman–Crippen LogP) is 0.512. The van der Waals surface area contributed by atoms with Gasteiger partial charge in [0.25, 0.3) is 17.7 Å². The number of urea groups is 1. The van der Waals surface area contributed by atoms with Gasteiger partial charge in [0.05, 0.1) is 17.7 Å². The van der Waals surface area contributed by atoms with Crippen molar-refractivity contribution >= 4 is 41.5 Å². The Morgan fingerprint density at radius 3 is 2.58 bits per heavy atom. The summed E-state index contributed by atoms with van der Waals surface area (Å²) in [7, 11) is 2.95. The fourth-order valence-corrected chi connectivity index (χ4v) is 3.96. The van der Waals surface area contributed by atoms with Gasteiger partial charge in [-0.1, -0.05) is 6.92 Å². The summed E-state index contributed by atoms with van der Waals surface area (Å²) >= 11 is 0.727. The lowest BCUT2D eigenvalue weighted by Gasteiger charge is -2.30.